The molecule has 1 N–H and O–H groups in total. The molecule has 4 rings (SSSR count). The zero-order valence-electron chi connectivity index (χ0n) is 13.5. The van der Waals surface area contributed by atoms with Crippen molar-refractivity contribution in [3.05, 3.63) is 18.0 Å². The Bertz CT molecular complexity index is 571. The Morgan fingerprint density at radius 1 is 1.35 bits per heavy atom. The molecule has 3 aliphatic rings. The molecule has 0 aromatic carbocycles. The maximum atomic E-state index is 14.2. The normalized spacial score (nSPS) is 27.2. The molecule has 3 fully saturated rings. The summed E-state index contributed by atoms with van der Waals surface area (Å²) >= 11 is 0. The van der Waals surface area contributed by atoms with Crippen molar-refractivity contribution in [2.75, 3.05) is 32.7 Å². The predicted octanol–water partition coefficient (Wildman–Crippen LogP) is 1.45. The van der Waals surface area contributed by atoms with Gasteiger partial charge in [-0.1, -0.05) is 0 Å². The highest BCUT2D eigenvalue weighted by atomic mass is 19.1. The third-order valence-electron chi connectivity index (χ3n) is 5.95. The second-order valence-electron chi connectivity index (χ2n) is 7.60. The van der Waals surface area contributed by atoms with Crippen LogP contribution in [0.1, 0.15) is 43.6 Å². The number of likely N-dealkylation sites (tertiary alicyclic amines) is 1. The van der Waals surface area contributed by atoms with Crippen molar-refractivity contribution in [1.82, 2.24) is 20.0 Å². The highest BCUT2D eigenvalue weighted by Crippen LogP contribution is 2.38. The Labute approximate surface area is 136 Å². The van der Waals surface area contributed by atoms with Crippen molar-refractivity contribution in [2.24, 2.45) is 0 Å². The highest BCUT2D eigenvalue weighted by Gasteiger charge is 2.41. The monoisotopic (exact) mass is 320 g/mol. The van der Waals surface area contributed by atoms with Gasteiger partial charge in [-0.05, 0) is 56.7 Å². The minimum absolute atomic E-state index is 0.378. The number of hydrogen-bond donors (Lipinski definition) is 1. The van der Waals surface area contributed by atoms with Crippen LogP contribution in [0.15, 0.2) is 12.4 Å². The SMILES string of the molecule is O=CC1(n2cc(C3CCN(CC4(F)CNC4)CC3)cn2)CCC1. The van der Waals surface area contributed by atoms with Crippen molar-refractivity contribution >= 4 is 6.29 Å². The summed E-state index contributed by atoms with van der Waals surface area (Å²) in [5, 5.41) is 7.48. The largest absolute Gasteiger partial charge is 0.310 e. The van der Waals surface area contributed by atoms with Gasteiger partial charge < -0.3 is 15.0 Å². The molecule has 6 heteroatoms. The Morgan fingerprint density at radius 3 is 2.61 bits per heavy atom. The van der Waals surface area contributed by atoms with Gasteiger partial charge in [-0.2, -0.15) is 5.10 Å². The topological polar surface area (TPSA) is 50.2 Å². The maximum Gasteiger partial charge on any atom is 0.148 e. The van der Waals surface area contributed by atoms with Crippen molar-refractivity contribution in [3.63, 3.8) is 0 Å². The third-order valence-corrected chi connectivity index (χ3v) is 5.95. The van der Waals surface area contributed by atoms with Gasteiger partial charge in [-0.3, -0.25) is 4.68 Å². The minimum atomic E-state index is -1.02. The number of carbonyl (C=O) groups is 1. The Kier molecular flexibility index (Phi) is 3.76. The van der Waals surface area contributed by atoms with E-state index in [0.29, 0.717) is 25.6 Å². The number of rotatable bonds is 5. The molecule has 2 saturated heterocycles. The van der Waals surface area contributed by atoms with Crippen LogP contribution in [-0.2, 0) is 10.3 Å². The number of aldehydes is 1. The summed E-state index contributed by atoms with van der Waals surface area (Å²) < 4.78 is 16.1. The number of piperidine rings is 1. The van der Waals surface area contributed by atoms with E-state index in [2.05, 4.69) is 21.5 Å². The number of aromatic nitrogens is 2. The fraction of sp³-hybridized carbons (Fsp3) is 0.765. The summed E-state index contributed by atoms with van der Waals surface area (Å²) in [5.41, 5.74) is -0.159. The molecule has 0 spiro atoms. The molecule has 0 radical (unpaired) electrons. The van der Waals surface area contributed by atoms with E-state index in [-0.39, 0.29) is 5.54 Å². The van der Waals surface area contributed by atoms with E-state index in [4.69, 9.17) is 0 Å². The molecule has 3 heterocycles. The average molecular weight is 320 g/mol. The lowest BCUT2D eigenvalue weighted by atomic mass is 9.78. The first-order chi connectivity index (χ1) is 11.1. The molecule has 1 aromatic rings. The average Bonchev–Trinajstić information content (AvgIpc) is 2.96. The maximum absolute atomic E-state index is 14.2. The van der Waals surface area contributed by atoms with E-state index >= 15 is 0 Å². The second kappa shape index (κ2) is 5.67. The number of halogens is 1. The van der Waals surface area contributed by atoms with E-state index in [1.165, 1.54) is 5.56 Å². The molecule has 1 saturated carbocycles. The van der Waals surface area contributed by atoms with Crippen LogP contribution in [0.5, 0.6) is 0 Å². The second-order valence-corrected chi connectivity index (χ2v) is 7.60. The lowest BCUT2D eigenvalue weighted by Gasteiger charge is -2.41. The number of hydrogen-bond acceptors (Lipinski definition) is 4. The van der Waals surface area contributed by atoms with Crippen molar-refractivity contribution in [2.45, 2.75) is 49.2 Å². The van der Waals surface area contributed by atoms with Gasteiger partial charge in [0.1, 0.15) is 17.5 Å². The Hall–Kier alpha value is -1.27. The van der Waals surface area contributed by atoms with Gasteiger partial charge >= 0.3 is 0 Å². The van der Waals surface area contributed by atoms with E-state index in [0.717, 1.165) is 51.5 Å². The lowest BCUT2D eigenvalue weighted by Crippen LogP contribution is -2.62. The van der Waals surface area contributed by atoms with Crippen LogP contribution in [-0.4, -0.2) is 59.4 Å². The highest BCUT2D eigenvalue weighted by molar-refractivity contribution is 5.63. The number of nitrogens with zero attached hydrogens (tertiary/aromatic N) is 3. The van der Waals surface area contributed by atoms with Crippen molar-refractivity contribution in [3.8, 4) is 0 Å². The van der Waals surface area contributed by atoms with Crippen LogP contribution in [0, 0.1) is 0 Å². The number of nitrogens with one attached hydrogen (secondary N) is 1. The van der Waals surface area contributed by atoms with E-state index in [1.54, 1.807) is 0 Å². The van der Waals surface area contributed by atoms with Gasteiger partial charge in [0.2, 0.25) is 0 Å². The zero-order valence-corrected chi connectivity index (χ0v) is 13.5. The summed E-state index contributed by atoms with van der Waals surface area (Å²) in [6.07, 6.45) is 10.1. The van der Waals surface area contributed by atoms with Gasteiger partial charge in [0.05, 0.1) is 6.20 Å². The van der Waals surface area contributed by atoms with Gasteiger partial charge in [-0.25, -0.2) is 4.39 Å². The fourth-order valence-electron chi connectivity index (χ4n) is 4.06. The smallest absolute Gasteiger partial charge is 0.148 e. The Balaban J connectivity index is 1.35. The van der Waals surface area contributed by atoms with E-state index in [9.17, 15) is 9.18 Å². The summed E-state index contributed by atoms with van der Waals surface area (Å²) in [4.78, 5) is 13.6. The molecular formula is C17H25FN4O. The summed E-state index contributed by atoms with van der Waals surface area (Å²) in [7, 11) is 0. The van der Waals surface area contributed by atoms with Crippen molar-refractivity contribution in [1.29, 1.82) is 0 Å². The van der Waals surface area contributed by atoms with Gasteiger partial charge in [0.15, 0.2) is 0 Å². The molecule has 0 unspecified atom stereocenters. The van der Waals surface area contributed by atoms with Gasteiger partial charge in [-0.15, -0.1) is 0 Å². The molecule has 1 aliphatic carbocycles. The van der Waals surface area contributed by atoms with Gasteiger partial charge in [0, 0.05) is 25.8 Å². The third kappa shape index (κ3) is 2.72. The molecule has 0 bridgehead atoms. The zero-order chi connectivity index (χ0) is 15.9. The van der Waals surface area contributed by atoms with Crippen LogP contribution < -0.4 is 5.32 Å². The first kappa shape index (κ1) is 15.3. The van der Waals surface area contributed by atoms with E-state index < -0.39 is 5.67 Å². The molecule has 1 aromatic heterocycles. The standard InChI is InChI=1S/C17H25FN4O/c18-16(10-19-11-16)12-21-6-2-14(3-7-21)15-8-20-22(9-15)17(13-23)4-1-5-17/h8-9,13-14,19H,1-7,10-12H2. The Morgan fingerprint density at radius 2 is 2.09 bits per heavy atom. The lowest BCUT2D eigenvalue weighted by molar-refractivity contribution is -0.119. The quantitative estimate of drug-likeness (QED) is 0.835. The summed E-state index contributed by atoms with van der Waals surface area (Å²) in [6.45, 7) is 3.43. The molecule has 5 nitrogen and oxygen atoms in total. The first-order valence-corrected chi connectivity index (χ1v) is 8.76. The fourth-order valence-corrected chi connectivity index (χ4v) is 4.06. The van der Waals surface area contributed by atoms with Crippen LogP contribution >= 0.6 is 0 Å². The van der Waals surface area contributed by atoms with Crippen LogP contribution in [0.25, 0.3) is 0 Å². The number of alkyl halides is 1. The van der Waals surface area contributed by atoms with Crippen LogP contribution in [0.2, 0.25) is 0 Å². The molecule has 2 aliphatic heterocycles. The molecule has 23 heavy (non-hydrogen) atoms. The molecule has 0 atom stereocenters. The van der Waals surface area contributed by atoms with Crippen molar-refractivity contribution < 1.29 is 9.18 Å². The molecule has 0 amide bonds. The number of carbonyl (C=O) groups excluding carboxylic acids is 1. The predicted molar refractivity (Wildman–Crippen MR) is 85.2 cm³/mol. The molecular weight excluding hydrogens is 295 g/mol. The first-order valence-electron chi connectivity index (χ1n) is 8.76. The minimum Gasteiger partial charge on any atom is -0.310 e. The van der Waals surface area contributed by atoms with Crippen LogP contribution in [0.4, 0.5) is 4.39 Å². The van der Waals surface area contributed by atoms with E-state index in [1.807, 2.05) is 10.9 Å². The summed E-state index contributed by atoms with van der Waals surface area (Å²) in [5.74, 6) is 0.485. The van der Waals surface area contributed by atoms with Crippen LogP contribution in [0.3, 0.4) is 0 Å². The summed E-state index contributed by atoms with van der Waals surface area (Å²) in [6, 6.07) is 0. The van der Waals surface area contributed by atoms with Gasteiger partial charge in [0.25, 0.3) is 0 Å². The molecule has 126 valence electrons.